The molecular weight excluding hydrogens is 377 g/mol. The topological polar surface area (TPSA) is 37.4 Å². The van der Waals surface area contributed by atoms with Gasteiger partial charge in [-0.15, -0.1) is 0 Å². The molecule has 2 aliphatic rings. The van der Waals surface area contributed by atoms with Crippen LogP contribution in [0.5, 0.6) is 0 Å². The highest BCUT2D eigenvalue weighted by Crippen LogP contribution is 2.45. The summed E-state index contributed by atoms with van der Waals surface area (Å²) >= 11 is 8.03. The van der Waals surface area contributed by atoms with E-state index in [4.69, 9.17) is 11.6 Å². The third kappa shape index (κ3) is 2.09. The average molecular weight is 390 g/mol. The van der Waals surface area contributed by atoms with Crippen LogP contribution in [0.1, 0.15) is 19.8 Å². The minimum atomic E-state index is -0.117. The number of carbonyl (C=O) groups excluding carboxylic acids is 2. The molecule has 19 heavy (non-hydrogen) atoms. The molecule has 1 saturated carbocycles. The van der Waals surface area contributed by atoms with Crippen molar-refractivity contribution in [2.24, 2.45) is 17.8 Å². The normalized spacial score (nSPS) is 30.1. The molecule has 2 atom stereocenters. The van der Waals surface area contributed by atoms with Crippen LogP contribution in [-0.2, 0) is 9.59 Å². The molecule has 0 spiro atoms. The lowest BCUT2D eigenvalue weighted by atomic mass is 10.00. The summed E-state index contributed by atoms with van der Waals surface area (Å²) in [7, 11) is 0. The van der Waals surface area contributed by atoms with Gasteiger partial charge in [-0.1, -0.05) is 18.5 Å². The molecule has 0 aromatic heterocycles. The number of imide groups is 1. The number of benzene rings is 1. The van der Waals surface area contributed by atoms with E-state index in [1.165, 1.54) is 4.90 Å². The largest absolute Gasteiger partial charge is 0.274 e. The van der Waals surface area contributed by atoms with Gasteiger partial charge in [-0.3, -0.25) is 9.59 Å². The van der Waals surface area contributed by atoms with Crippen LogP contribution in [0.25, 0.3) is 0 Å². The van der Waals surface area contributed by atoms with Gasteiger partial charge in [0.1, 0.15) is 0 Å². The van der Waals surface area contributed by atoms with Gasteiger partial charge in [0.2, 0.25) is 11.8 Å². The van der Waals surface area contributed by atoms with Crippen molar-refractivity contribution in [1.29, 1.82) is 0 Å². The maximum atomic E-state index is 12.4. The highest BCUT2D eigenvalue weighted by atomic mass is 127. The van der Waals surface area contributed by atoms with Gasteiger partial charge in [0, 0.05) is 8.59 Å². The van der Waals surface area contributed by atoms with E-state index in [2.05, 4.69) is 29.5 Å². The van der Waals surface area contributed by atoms with Gasteiger partial charge >= 0.3 is 0 Å². The van der Waals surface area contributed by atoms with Crippen LogP contribution < -0.4 is 4.90 Å². The molecule has 0 radical (unpaired) electrons. The zero-order chi connectivity index (χ0) is 13.7. The first-order chi connectivity index (χ1) is 8.99. The van der Waals surface area contributed by atoms with Gasteiger partial charge in [0.25, 0.3) is 0 Å². The highest BCUT2D eigenvalue weighted by Gasteiger charge is 2.52. The van der Waals surface area contributed by atoms with E-state index in [1.807, 2.05) is 0 Å². The molecule has 1 heterocycles. The molecule has 2 fully saturated rings. The first-order valence-electron chi connectivity index (χ1n) is 6.32. The van der Waals surface area contributed by atoms with Crippen LogP contribution in [0.15, 0.2) is 18.2 Å². The summed E-state index contributed by atoms with van der Waals surface area (Å²) < 4.78 is 0.833. The Hall–Kier alpha value is -0.620. The third-order valence-electron chi connectivity index (χ3n) is 4.02. The van der Waals surface area contributed by atoms with E-state index < -0.39 is 0 Å². The van der Waals surface area contributed by atoms with E-state index in [0.29, 0.717) is 16.6 Å². The summed E-state index contributed by atoms with van der Waals surface area (Å²) in [4.78, 5) is 26.3. The lowest BCUT2D eigenvalue weighted by Crippen LogP contribution is -2.32. The fourth-order valence-corrected chi connectivity index (χ4v) is 4.29. The quantitative estimate of drug-likeness (QED) is 0.545. The van der Waals surface area contributed by atoms with Crippen LogP contribution >= 0.6 is 34.2 Å². The van der Waals surface area contributed by atoms with Gasteiger partial charge in [-0.2, -0.15) is 0 Å². The van der Waals surface area contributed by atoms with Crippen LogP contribution in [0, 0.1) is 21.3 Å². The van der Waals surface area contributed by atoms with Gasteiger partial charge in [0.05, 0.1) is 17.5 Å². The molecule has 1 aromatic carbocycles. The van der Waals surface area contributed by atoms with E-state index in [-0.39, 0.29) is 23.7 Å². The summed E-state index contributed by atoms with van der Waals surface area (Å²) in [5, 5.41) is 0.612. The van der Waals surface area contributed by atoms with Crippen molar-refractivity contribution >= 4 is 51.7 Å². The van der Waals surface area contributed by atoms with Crippen LogP contribution in [-0.4, -0.2) is 11.8 Å². The molecule has 2 amide bonds. The van der Waals surface area contributed by atoms with Gasteiger partial charge < -0.3 is 0 Å². The molecule has 1 aliphatic carbocycles. The molecule has 3 nitrogen and oxygen atoms in total. The summed E-state index contributed by atoms with van der Waals surface area (Å²) in [6.45, 7) is 2.11. The van der Waals surface area contributed by atoms with Crippen molar-refractivity contribution in [3.05, 3.63) is 26.8 Å². The zero-order valence-corrected chi connectivity index (χ0v) is 13.3. The van der Waals surface area contributed by atoms with Crippen LogP contribution in [0.2, 0.25) is 5.02 Å². The minimum Gasteiger partial charge on any atom is -0.274 e. The Kier molecular flexibility index (Phi) is 3.33. The first kappa shape index (κ1) is 13.4. The smallest absolute Gasteiger partial charge is 0.237 e. The summed E-state index contributed by atoms with van der Waals surface area (Å²) in [6, 6.07) is 5.25. The van der Waals surface area contributed by atoms with E-state index >= 15 is 0 Å². The number of anilines is 1. The average Bonchev–Trinajstić information content (AvgIpc) is 2.82. The van der Waals surface area contributed by atoms with Crippen molar-refractivity contribution in [2.45, 2.75) is 19.8 Å². The number of carbonyl (C=O) groups is 2. The maximum absolute atomic E-state index is 12.4. The molecule has 0 bridgehead atoms. The number of nitrogens with zero attached hydrogens (tertiary/aromatic N) is 1. The standard InChI is InChI=1S/C14H13ClINO2/c1-7-4-9-10(5-7)14(19)17(13(9)18)12-3-2-8(15)6-11(12)16/h2-3,6-7,9-10H,4-5H2,1H3. The molecule has 100 valence electrons. The van der Waals surface area contributed by atoms with Gasteiger partial charge in [0.15, 0.2) is 0 Å². The Morgan fingerprint density at radius 2 is 1.79 bits per heavy atom. The van der Waals surface area contributed by atoms with Crippen LogP contribution in [0.3, 0.4) is 0 Å². The summed E-state index contributed by atoms with van der Waals surface area (Å²) in [6.07, 6.45) is 1.66. The lowest BCUT2D eigenvalue weighted by Gasteiger charge is -2.18. The fourth-order valence-electron chi connectivity index (χ4n) is 3.18. The zero-order valence-electron chi connectivity index (χ0n) is 10.4. The number of hydrogen-bond donors (Lipinski definition) is 0. The van der Waals surface area contributed by atoms with E-state index in [9.17, 15) is 9.59 Å². The van der Waals surface area contributed by atoms with E-state index in [1.54, 1.807) is 18.2 Å². The molecule has 5 heteroatoms. The van der Waals surface area contributed by atoms with E-state index in [0.717, 1.165) is 16.4 Å². The molecular formula is C14H13ClINO2. The minimum absolute atomic E-state index is 0.0420. The Bertz CT molecular complexity index is 551. The van der Waals surface area contributed by atoms with Gasteiger partial charge in [-0.25, -0.2) is 4.90 Å². The molecule has 0 N–H and O–H groups in total. The summed E-state index contributed by atoms with van der Waals surface area (Å²) in [5.74, 6) is 0.150. The predicted octanol–water partition coefficient (Wildman–Crippen LogP) is 3.48. The number of rotatable bonds is 1. The highest BCUT2D eigenvalue weighted by molar-refractivity contribution is 14.1. The predicted molar refractivity (Wildman–Crippen MR) is 82.0 cm³/mol. The fraction of sp³-hybridized carbons (Fsp3) is 0.429. The molecule has 3 rings (SSSR count). The Balaban J connectivity index is 1.99. The lowest BCUT2D eigenvalue weighted by molar-refractivity contribution is -0.123. The number of halogens is 2. The van der Waals surface area contributed by atoms with Crippen LogP contribution in [0.4, 0.5) is 5.69 Å². The molecule has 1 saturated heterocycles. The number of fused-ring (bicyclic) bond motifs is 1. The number of amides is 2. The second-order valence-corrected chi connectivity index (χ2v) is 7.00. The molecule has 1 aliphatic heterocycles. The Labute approximate surface area is 130 Å². The van der Waals surface area contributed by atoms with Crippen molar-refractivity contribution in [1.82, 2.24) is 0 Å². The molecule has 1 aromatic rings. The third-order valence-corrected chi connectivity index (χ3v) is 5.12. The van der Waals surface area contributed by atoms with Crippen molar-refractivity contribution in [3.8, 4) is 0 Å². The Morgan fingerprint density at radius 1 is 1.21 bits per heavy atom. The van der Waals surface area contributed by atoms with Gasteiger partial charge in [-0.05, 0) is 59.5 Å². The first-order valence-corrected chi connectivity index (χ1v) is 7.77. The number of hydrogen-bond acceptors (Lipinski definition) is 2. The Morgan fingerprint density at radius 3 is 2.32 bits per heavy atom. The summed E-state index contributed by atoms with van der Waals surface area (Å²) in [5.41, 5.74) is 0.669. The molecule has 2 unspecified atom stereocenters. The monoisotopic (exact) mass is 389 g/mol. The SMILES string of the molecule is CC1CC2C(=O)N(c3ccc(Cl)cc3I)C(=O)C2C1. The van der Waals surface area contributed by atoms with Crippen molar-refractivity contribution < 1.29 is 9.59 Å². The van der Waals surface area contributed by atoms with Crippen molar-refractivity contribution in [2.75, 3.05) is 4.90 Å². The van der Waals surface area contributed by atoms with Crippen molar-refractivity contribution in [3.63, 3.8) is 0 Å². The maximum Gasteiger partial charge on any atom is 0.237 e. The second-order valence-electron chi connectivity index (χ2n) is 5.40. The second kappa shape index (κ2) is 4.74.